The fourth-order valence-electron chi connectivity index (χ4n) is 2.09. The zero-order valence-corrected chi connectivity index (χ0v) is 10.5. The Kier molecular flexibility index (Phi) is 3.74. The highest BCUT2D eigenvalue weighted by Crippen LogP contribution is 2.07. The lowest BCUT2D eigenvalue weighted by Gasteiger charge is -2.33. The first kappa shape index (κ1) is 12.0. The summed E-state index contributed by atoms with van der Waals surface area (Å²) in [5.41, 5.74) is 1.46. The minimum absolute atomic E-state index is 0.0597. The Hall–Kier alpha value is -1.42. The van der Waals surface area contributed by atoms with Crippen molar-refractivity contribution in [3.8, 4) is 0 Å². The molecule has 4 heteroatoms. The van der Waals surface area contributed by atoms with Crippen molar-refractivity contribution in [3.63, 3.8) is 0 Å². The number of aryl methyl sites for hydroxylation is 1. The number of rotatable bonds is 2. The number of hydrogen-bond acceptors (Lipinski definition) is 3. The molecule has 0 radical (unpaired) electrons. The van der Waals surface area contributed by atoms with Crippen LogP contribution >= 0.6 is 0 Å². The fraction of sp³-hybridized carbons (Fsp3) is 0.538. The zero-order valence-electron chi connectivity index (χ0n) is 10.5. The van der Waals surface area contributed by atoms with Gasteiger partial charge >= 0.3 is 0 Å². The molecule has 0 aromatic carbocycles. The SMILES string of the molecule is CCN1CCN(C(=O)c2cccc(C)n2)CC1. The Balaban J connectivity index is 2.02. The number of carbonyl (C=O) groups excluding carboxylic acids is 1. The second-order valence-electron chi connectivity index (χ2n) is 4.39. The number of carbonyl (C=O) groups is 1. The maximum atomic E-state index is 12.2. The highest BCUT2D eigenvalue weighted by Gasteiger charge is 2.21. The van der Waals surface area contributed by atoms with Crippen molar-refractivity contribution in [2.75, 3.05) is 32.7 Å². The van der Waals surface area contributed by atoms with E-state index in [0.29, 0.717) is 5.69 Å². The van der Waals surface area contributed by atoms with E-state index in [0.717, 1.165) is 38.4 Å². The van der Waals surface area contributed by atoms with Gasteiger partial charge in [-0.15, -0.1) is 0 Å². The Labute approximate surface area is 102 Å². The van der Waals surface area contributed by atoms with E-state index in [-0.39, 0.29) is 5.91 Å². The molecule has 92 valence electrons. The summed E-state index contributed by atoms with van der Waals surface area (Å²) in [7, 11) is 0. The highest BCUT2D eigenvalue weighted by molar-refractivity contribution is 5.92. The molecule has 1 amide bonds. The van der Waals surface area contributed by atoms with Gasteiger partial charge in [-0.05, 0) is 25.6 Å². The fourth-order valence-corrected chi connectivity index (χ4v) is 2.09. The quantitative estimate of drug-likeness (QED) is 0.769. The molecule has 1 aromatic heterocycles. The maximum Gasteiger partial charge on any atom is 0.272 e. The summed E-state index contributed by atoms with van der Waals surface area (Å²) in [5, 5.41) is 0. The van der Waals surface area contributed by atoms with Gasteiger partial charge in [-0.25, -0.2) is 4.98 Å². The average molecular weight is 233 g/mol. The van der Waals surface area contributed by atoms with Crippen molar-refractivity contribution in [2.24, 2.45) is 0 Å². The highest BCUT2D eigenvalue weighted by atomic mass is 16.2. The van der Waals surface area contributed by atoms with Gasteiger partial charge in [0.25, 0.3) is 5.91 Å². The molecule has 0 aliphatic carbocycles. The monoisotopic (exact) mass is 233 g/mol. The van der Waals surface area contributed by atoms with Crippen molar-refractivity contribution < 1.29 is 4.79 Å². The van der Waals surface area contributed by atoms with Crippen LogP contribution in [0.4, 0.5) is 0 Å². The summed E-state index contributed by atoms with van der Waals surface area (Å²) in [6.45, 7) is 8.67. The molecule has 0 spiro atoms. The van der Waals surface area contributed by atoms with Crippen LogP contribution in [-0.2, 0) is 0 Å². The van der Waals surface area contributed by atoms with E-state index in [4.69, 9.17) is 0 Å². The third kappa shape index (κ3) is 2.82. The van der Waals surface area contributed by atoms with Gasteiger partial charge < -0.3 is 9.80 Å². The minimum atomic E-state index is 0.0597. The van der Waals surface area contributed by atoms with Crippen molar-refractivity contribution >= 4 is 5.91 Å². The molecule has 0 N–H and O–H groups in total. The van der Waals surface area contributed by atoms with Crippen LogP contribution in [0.5, 0.6) is 0 Å². The normalized spacial score (nSPS) is 17.2. The number of aromatic nitrogens is 1. The van der Waals surface area contributed by atoms with E-state index >= 15 is 0 Å². The van der Waals surface area contributed by atoms with Gasteiger partial charge in [-0.1, -0.05) is 13.0 Å². The van der Waals surface area contributed by atoms with E-state index in [9.17, 15) is 4.79 Å². The summed E-state index contributed by atoms with van der Waals surface area (Å²) in [5.74, 6) is 0.0597. The van der Waals surface area contributed by atoms with Crippen LogP contribution in [0.25, 0.3) is 0 Å². The first-order valence-corrected chi connectivity index (χ1v) is 6.16. The number of piperazine rings is 1. The molecule has 1 fully saturated rings. The third-order valence-corrected chi connectivity index (χ3v) is 3.21. The van der Waals surface area contributed by atoms with Crippen molar-refractivity contribution in [1.29, 1.82) is 0 Å². The van der Waals surface area contributed by atoms with E-state index in [2.05, 4.69) is 16.8 Å². The largest absolute Gasteiger partial charge is 0.335 e. The van der Waals surface area contributed by atoms with Crippen LogP contribution in [-0.4, -0.2) is 53.4 Å². The van der Waals surface area contributed by atoms with Gasteiger partial charge in [-0.3, -0.25) is 4.79 Å². The van der Waals surface area contributed by atoms with Gasteiger partial charge in [0, 0.05) is 31.9 Å². The Morgan fingerprint density at radius 3 is 2.59 bits per heavy atom. The van der Waals surface area contributed by atoms with E-state index in [1.807, 2.05) is 24.0 Å². The van der Waals surface area contributed by atoms with Gasteiger partial charge in [0.05, 0.1) is 0 Å². The molecule has 0 unspecified atom stereocenters. The molecule has 0 atom stereocenters. The predicted octanol–water partition coefficient (Wildman–Crippen LogP) is 1.17. The summed E-state index contributed by atoms with van der Waals surface area (Å²) < 4.78 is 0. The first-order valence-electron chi connectivity index (χ1n) is 6.16. The summed E-state index contributed by atoms with van der Waals surface area (Å²) in [4.78, 5) is 20.7. The standard InChI is InChI=1S/C13H19N3O/c1-3-15-7-9-16(10-8-15)13(17)12-6-4-5-11(2)14-12/h4-6H,3,7-10H2,1-2H3. The molecule has 4 nitrogen and oxygen atoms in total. The second-order valence-corrected chi connectivity index (χ2v) is 4.39. The molecule has 2 rings (SSSR count). The van der Waals surface area contributed by atoms with Gasteiger partial charge in [0.1, 0.15) is 5.69 Å². The van der Waals surface area contributed by atoms with E-state index in [1.165, 1.54) is 0 Å². The first-order chi connectivity index (χ1) is 8.20. The van der Waals surface area contributed by atoms with Crippen LogP contribution < -0.4 is 0 Å². The molecule has 17 heavy (non-hydrogen) atoms. The minimum Gasteiger partial charge on any atom is -0.335 e. The molecule has 1 aliphatic heterocycles. The van der Waals surface area contributed by atoms with Gasteiger partial charge in [0.15, 0.2) is 0 Å². The second kappa shape index (κ2) is 5.27. The van der Waals surface area contributed by atoms with Gasteiger partial charge in [-0.2, -0.15) is 0 Å². The van der Waals surface area contributed by atoms with Crippen LogP contribution in [0.15, 0.2) is 18.2 Å². The number of pyridine rings is 1. The van der Waals surface area contributed by atoms with Crippen LogP contribution in [0.1, 0.15) is 23.1 Å². The number of amides is 1. The number of hydrogen-bond donors (Lipinski definition) is 0. The van der Waals surface area contributed by atoms with Crippen LogP contribution in [0.3, 0.4) is 0 Å². The molecular formula is C13H19N3O. The van der Waals surface area contributed by atoms with Crippen molar-refractivity contribution in [1.82, 2.24) is 14.8 Å². The number of nitrogens with zero attached hydrogens (tertiary/aromatic N) is 3. The van der Waals surface area contributed by atoms with Crippen LogP contribution in [0.2, 0.25) is 0 Å². The molecule has 1 aliphatic rings. The molecular weight excluding hydrogens is 214 g/mol. The number of likely N-dealkylation sites (N-methyl/N-ethyl adjacent to an activating group) is 1. The molecule has 2 heterocycles. The Morgan fingerprint density at radius 2 is 2.00 bits per heavy atom. The lowest BCUT2D eigenvalue weighted by Crippen LogP contribution is -2.48. The van der Waals surface area contributed by atoms with E-state index in [1.54, 1.807) is 6.07 Å². The summed E-state index contributed by atoms with van der Waals surface area (Å²) >= 11 is 0. The predicted molar refractivity (Wildman–Crippen MR) is 67.0 cm³/mol. The average Bonchev–Trinajstić information content (AvgIpc) is 2.38. The van der Waals surface area contributed by atoms with Crippen molar-refractivity contribution in [3.05, 3.63) is 29.6 Å². The molecule has 1 saturated heterocycles. The van der Waals surface area contributed by atoms with E-state index < -0.39 is 0 Å². The molecule has 0 saturated carbocycles. The van der Waals surface area contributed by atoms with Crippen LogP contribution in [0, 0.1) is 6.92 Å². The van der Waals surface area contributed by atoms with Crippen molar-refractivity contribution in [2.45, 2.75) is 13.8 Å². The maximum absolute atomic E-state index is 12.2. The zero-order chi connectivity index (χ0) is 12.3. The molecule has 1 aromatic rings. The van der Waals surface area contributed by atoms with Gasteiger partial charge in [0.2, 0.25) is 0 Å². The third-order valence-electron chi connectivity index (χ3n) is 3.21. The molecule has 0 bridgehead atoms. The lowest BCUT2D eigenvalue weighted by atomic mass is 10.2. The smallest absolute Gasteiger partial charge is 0.272 e. The topological polar surface area (TPSA) is 36.4 Å². The Bertz CT molecular complexity index is 397. The summed E-state index contributed by atoms with van der Waals surface area (Å²) in [6.07, 6.45) is 0. The summed E-state index contributed by atoms with van der Waals surface area (Å²) in [6, 6.07) is 5.59. The Morgan fingerprint density at radius 1 is 1.29 bits per heavy atom. The lowest BCUT2D eigenvalue weighted by molar-refractivity contribution is 0.0637.